The normalized spacial score (nSPS) is 17.3. The third-order valence-corrected chi connectivity index (χ3v) is 24.4. The van der Waals surface area contributed by atoms with Crippen molar-refractivity contribution >= 4 is 78.4 Å². The quantitative estimate of drug-likeness (QED) is 0.0957. The molecular weight excluding hydrogens is 1450 g/mol. The number of likely N-dealkylation sites (N-methyl/N-ethyl adjacent to an activating group) is 4. The van der Waals surface area contributed by atoms with Gasteiger partial charge in [0.25, 0.3) is 0 Å². The summed E-state index contributed by atoms with van der Waals surface area (Å²) >= 11 is 19.4. The number of pyridine rings is 4. The molecule has 0 saturated heterocycles. The van der Waals surface area contributed by atoms with Crippen molar-refractivity contribution in [2.45, 2.75) is 135 Å². The summed E-state index contributed by atoms with van der Waals surface area (Å²) in [6.45, 7) is 18.6. The van der Waals surface area contributed by atoms with Gasteiger partial charge in [-0.05, 0) is 224 Å². The first-order chi connectivity index (χ1) is 54.1. The Bertz CT molecular complexity index is 5440. The lowest BCUT2D eigenvalue weighted by Gasteiger charge is -2.36. The summed E-state index contributed by atoms with van der Waals surface area (Å²) in [6, 6.07) is 60.7. The molecule has 4 aliphatic rings. The molecule has 0 spiro atoms. The van der Waals surface area contributed by atoms with Gasteiger partial charge in [-0.25, -0.2) is 0 Å². The standard InChI is InChI=1S/2C27H29N3O.C20H21Cl2N3.C20H22ClN3O/c2*1-19-11-12-24-23(16-19)22-13-15-29(3)25(20-8-5-4-6-9-20)26(22)30(24)18-27(2,31)21-10-7-14-28-17-21;1-13-3-4-14(11-23-13)7-10-25-18-12-24(2)9-8-15(18)19-16(21)5-6-17(22)20(19)25;1-23-10-6-16-17-12-15(21)2-3-18(17)24(19(16)7-11-23)13-20(25)14-4-8-22-9-5-14/h2*4-12,14,16-17,25,31H,13,15,18H2,1-3H3;3-6,11H,7-10,12H2,1-2H3;2-5,8-9,12,20,25H,6-7,10-11,13H2,1H3. The number of aromatic nitrogens is 8. The molecule has 0 radical (unpaired) electrons. The third kappa shape index (κ3) is 16.2. The van der Waals surface area contributed by atoms with Crippen LogP contribution >= 0.6 is 34.8 Å². The van der Waals surface area contributed by atoms with E-state index in [9.17, 15) is 15.3 Å². The van der Waals surface area contributed by atoms with Gasteiger partial charge in [-0.1, -0.05) is 137 Å². The first kappa shape index (κ1) is 78.0. The molecule has 15 nitrogen and oxygen atoms in total. The number of rotatable bonds is 14. The second-order valence-electron chi connectivity index (χ2n) is 31.7. The number of halogens is 3. The van der Waals surface area contributed by atoms with E-state index in [0.717, 1.165) is 138 Å². The Morgan fingerprint density at radius 3 is 1.54 bits per heavy atom. The van der Waals surface area contributed by atoms with Crippen molar-refractivity contribution in [3.8, 4) is 0 Å². The van der Waals surface area contributed by atoms with Crippen LogP contribution in [0.1, 0.15) is 127 Å². The minimum absolute atomic E-state index is 0.155. The molecule has 18 heteroatoms. The number of nitrogens with zero attached hydrogens (tertiary/aromatic N) is 12. The summed E-state index contributed by atoms with van der Waals surface area (Å²) in [6.07, 6.45) is 17.8. The third-order valence-electron chi connectivity index (χ3n) is 23.5. The number of hydrogen-bond donors (Lipinski definition) is 3. The molecule has 4 aliphatic heterocycles. The monoisotopic (exact) mass is 1550 g/mol. The molecule has 0 aliphatic carbocycles. The van der Waals surface area contributed by atoms with E-state index < -0.39 is 17.3 Å². The molecule has 0 bridgehead atoms. The van der Waals surface area contributed by atoms with Gasteiger partial charge >= 0.3 is 0 Å². The van der Waals surface area contributed by atoms with E-state index in [4.69, 9.17) is 34.8 Å². The van der Waals surface area contributed by atoms with Crippen LogP contribution in [0.5, 0.6) is 0 Å². The zero-order valence-electron chi connectivity index (χ0n) is 65.7. The van der Waals surface area contributed by atoms with Gasteiger partial charge in [-0.15, -0.1) is 0 Å². The molecule has 8 aromatic heterocycles. The lowest BCUT2D eigenvalue weighted by Crippen LogP contribution is -2.36. The second kappa shape index (κ2) is 33.4. The van der Waals surface area contributed by atoms with E-state index in [2.05, 4.69) is 221 Å². The molecule has 5 atom stereocenters. The lowest BCUT2D eigenvalue weighted by molar-refractivity contribution is 0.0368. The van der Waals surface area contributed by atoms with Crippen LogP contribution in [-0.2, 0) is 82.5 Å². The molecule has 14 aromatic rings. The fourth-order valence-corrected chi connectivity index (χ4v) is 18.4. The Hall–Kier alpha value is -9.33. The number of aliphatic hydroxyl groups is 3. The fourth-order valence-electron chi connectivity index (χ4n) is 17.7. The van der Waals surface area contributed by atoms with E-state index in [-0.39, 0.29) is 12.1 Å². The lowest BCUT2D eigenvalue weighted by atomic mass is 9.92. The molecule has 576 valence electrons. The average molecular weight is 1550 g/mol. The van der Waals surface area contributed by atoms with Crippen LogP contribution in [-0.4, -0.2) is 134 Å². The molecule has 0 saturated carbocycles. The van der Waals surface area contributed by atoms with Crippen LogP contribution in [0.25, 0.3) is 43.6 Å². The Labute approximate surface area is 673 Å². The molecule has 0 amide bonds. The van der Waals surface area contributed by atoms with Crippen LogP contribution in [0, 0.1) is 20.8 Å². The van der Waals surface area contributed by atoms with Crippen molar-refractivity contribution < 1.29 is 15.3 Å². The smallest absolute Gasteiger partial charge is 0.106 e. The van der Waals surface area contributed by atoms with Crippen LogP contribution in [0.2, 0.25) is 15.1 Å². The first-order valence-corrected chi connectivity index (χ1v) is 40.4. The predicted molar refractivity (Wildman–Crippen MR) is 456 cm³/mol. The molecule has 12 heterocycles. The van der Waals surface area contributed by atoms with Gasteiger partial charge in [-0.3, -0.25) is 29.7 Å². The van der Waals surface area contributed by atoms with Crippen LogP contribution < -0.4 is 0 Å². The Morgan fingerprint density at radius 2 is 0.991 bits per heavy atom. The number of aryl methyl sites for hydroxylation is 5. The predicted octanol–water partition coefficient (Wildman–Crippen LogP) is 18.0. The van der Waals surface area contributed by atoms with Gasteiger partial charge in [0.05, 0.1) is 53.4 Å². The van der Waals surface area contributed by atoms with Crippen LogP contribution in [0.4, 0.5) is 0 Å². The minimum Gasteiger partial charge on any atom is -0.387 e. The number of fused-ring (bicyclic) bond motifs is 12. The minimum atomic E-state index is -1.03. The molecule has 6 aromatic carbocycles. The maximum Gasteiger partial charge on any atom is 0.106 e. The maximum atomic E-state index is 11.5. The summed E-state index contributed by atoms with van der Waals surface area (Å²) in [7, 11) is 8.73. The van der Waals surface area contributed by atoms with E-state index in [1.165, 1.54) is 100 Å². The highest BCUT2D eigenvalue weighted by atomic mass is 35.5. The van der Waals surface area contributed by atoms with Crippen LogP contribution in [0.15, 0.2) is 219 Å². The zero-order chi connectivity index (χ0) is 78.1. The number of benzene rings is 6. The first-order valence-electron chi connectivity index (χ1n) is 39.2. The SMILES string of the molecule is CN1CCc2c(n(CC(O)c3ccncc3)c3ccc(Cl)cc23)CC1.Cc1ccc(CCn2c3c(c4c(Cl)ccc(Cl)c42)CCN(C)C3)cn1.Cc1ccc2c(c1)c1c(n2CC(C)(O)c2cccnc2)C(c2ccccc2)N(C)CC1.Cc1ccc2c(c1)c1c(n2CC(C)(O)c2cccnc2)C(c2ccccc2)N(C)CC1. The Kier molecular flexibility index (Phi) is 23.2. The molecule has 0 fully saturated rings. The van der Waals surface area contributed by atoms with Gasteiger partial charge in [-0.2, -0.15) is 0 Å². The average Bonchev–Trinajstić information content (AvgIpc) is 1.58. The van der Waals surface area contributed by atoms with Crippen molar-refractivity contribution in [2.75, 3.05) is 60.9 Å². The zero-order valence-corrected chi connectivity index (χ0v) is 67.9. The van der Waals surface area contributed by atoms with Crippen molar-refractivity contribution in [2.24, 2.45) is 0 Å². The summed E-state index contributed by atoms with van der Waals surface area (Å²) in [5.41, 5.74) is 23.3. The van der Waals surface area contributed by atoms with Gasteiger partial charge in [0.1, 0.15) is 11.2 Å². The maximum absolute atomic E-state index is 11.5. The number of aliphatic hydroxyl groups excluding tert-OH is 1. The van der Waals surface area contributed by atoms with Gasteiger partial charge in [0.15, 0.2) is 0 Å². The van der Waals surface area contributed by atoms with Crippen molar-refractivity contribution in [3.63, 3.8) is 0 Å². The molecule has 112 heavy (non-hydrogen) atoms. The molecular formula is C94H101Cl3N12O3. The number of hydrogen-bond acceptors (Lipinski definition) is 11. The van der Waals surface area contributed by atoms with Gasteiger partial charge in [0.2, 0.25) is 0 Å². The van der Waals surface area contributed by atoms with Gasteiger partial charge in [0, 0.05) is 178 Å². The van der Waals surface area contributed by atoms with Crippen molar-refractivity contribution in [3.05, 3.63) is 330 Å². The second-order valence-corrected chi connectivity index (χ2v) is 33.0. The highest BCUT2D eigenvalue weighted by Gasteiger charge is 2.38. The fraction of sp³-hybridized carbons (Fsp3) is 0.319. The van der Waals surface area contributed by atoms with E-state index >= 15 is 0 Å². The molecule has 5 unspecified atom stereocenters. The highest BCUT2D eigenvalue weighted by Crippen LogP contribution is 2.45. The summed E-state index contributed by atoms with van der Waals surface area (Å²) in [5, 5.41) is 41.1. The summed E-state index contributed by atoms with van der Waals surface area (Å²) in [5.74, 6) is 0. The Balaban J connectivity index is 0.000000119. The molecule has 18 rings (SSSR count). The van der Waals surface area contributed by atoms with E-state index in [1.807, 2.05) is 81.6 Å². The van der Waals surface area contributed by atoms with Crippen molar-refractivity contribution in [1.82, 2.24) is 57.8 Å². The van der Waals surface area contributed by atoms with E-state index in [1.54, 1.807) is 37.2 Å². The van der Waals surface area contributed by atoms with Crippen molar-refractivity contribution in [1.29, 1.82) is 0 Å². The van der Waals surface area contributed by atoms with Crippen LogP contribution in [0.3, 0.4) is 0 Å². The Morgan fingerprint density at radius 1 is 0.473 bits per heavy atom. The van der Waals surface area contributed by atoms with Gasteiger partial charge < -0.3 is 43.4 Å². The molecule has 3 N–H and O–H groups in total. The topological polar surface area (TPSA) is 145 Å². The largest absolute Gasteiger partial charge is 0.387 e. The summed E-state index contributed by atoms with van der Waals surface area (Å²) in [4.78, 5) is 26.5. The summed E-state index contributed by atoms with van der Waals surface area (Å²) < 4.78 is 9.36. The highest BCUT2D eigenvalue weighted by molar-refractivity contribution is 6.40. The van der Waals surface area contributed by atoms with E-state index in [0.29, 0.717) is 19.6 Å².